The molecule has 1 saturated carbocycles. The van der Waals surface area contributed by atoms with Crippen LogP contribution in [0.4, 0.5) is 0 Å². The normalized spacial score (nSPS) is 16.7. The number of hydrogen-bond acceptors (Lipinski definition) is 3. The Labute approximate surface area is 176 Å². The molecule has 1 heterocycles. The number of methoxy groups -OCH3 is 1. The van der Waals surface area contributed by atoms with E-state index >= 15 is 0 Å². The molecule has 0 radical (unpaired) electrons. The van der Waals surface area contributed by atoms with Gasteiger partial charge in [-0.05, 0) is 60.2 Å². The van der Waals surface area contributed by atoms with Crippen LogP contribution in [-0.4, -0.2) is 23.5 Å². The molecule has 1 aliphatic rings. The Morgan fingerprint density at radius 3 is 2.55 bits per heavy atom. The fourth-order valence-corrected chi connectivity index (χ4v) is 3.66. The third-order valence-electron chi connectivity index (χ3n) is 5.28. The van der Waals surface area contributed by atoms with Crippen LogP contribution >= 0.6 is 11.6 Å². The number of benzene rings is 2. The molecule has 2 atom stereocenters. The summed E-state index contributed by atoms with van der Waals surface area (Å²) in [6.07, 6.45) is 9.77. The van der Waals surface area contributed by atoms with Crippen molar-refractivity contribution in [3.63, 3.8) is 0 Å². The zero-order valence-electron chi connectivity index (χ0n) is 16.3. The van der Waals surface area contributed by atoms with Gasteiger partial charge in [-0.15, -0.1) is 0 Å². The average molecular weight is 406 g/mol. The summed E-state index contributed by atoms with van der Waals surface area (Å²) >= 11 is 6.08. The standard InChI is InChI=1S/C25H24ClNO2/c1-29-25(28)23(19-7-8-19)14-6-18-4-2-3-17(15-18)5-12-22-13-10-20-9-11-21(26)16-24(20)27-22/h2-6,9-16,19,23,25,28H,7-8H2,1H3. The zero-order chi connectivity index (χ0) is 20.2. The molecule has 1 aliphatic carbocycles. The molecule has 29 heavy (non-hydrogen) atoms. The van der Waals surface area contributed by atoms with Gasteiger partial charge in [0.2, 0.25) is 0 Å². The van der Waals surface area contributed by atoms with Crippen molar-refractivity contribution in [2.45, 2.75) is 19.1 Å². The predicted octanol–water partition coefficient (Wildman–Crippen LogP) is 6.06. The van der Waals surface area contributed by atoms with Crippen LogP contribution in [0.1, 0.15) is 29.7 Å². The molecule has 0 spiro atoms. The summed E-state index contributed by atoms with van der Waals surface area (Å²) in [5, 5.41) is 11.8. The second-order valence-electron chi connectivity index (χ2n) is 7.48. The van der Waals surface area contributed by atoms with Crippen molar-refractivity contribution in [1.82, 2.24) is 4.98 Å². The molecular weight excluding hydrogens is 382 g/mol. The van der Waals surface area contributed by atoms with Crippen LogP contribution in [0.3, 0.4) is 0 Å². The van der Waals surface area contributed by atoms with Gasteiger partial charge in [0.15, 0.2) is 6.29 Å². The van der Waals surface area contributed by atoms with Crippen LogP contribution in [0.15, 0.2) is 60.7 Å². The van der Waals surface area contributed by atoms with Gasteiger partial charge in [-0.2, -0.15) is 0 Å². The number of pyridine rings is 1. The molecule has 1 aromatic heterocycles. The van der Waals surface area contributed by atoms with Crippen molar-refractivity contribution >= 4 is 40.7 Å². The van der Waals surface area contributed by atoms with E-state index in [0.29, 0.717) is 10.9 Å². The first-order valence-electron chi connectivity index (χ1n) is 9.86. The van der Waals surface area contributed by atoms with E-state index < -0.39 is 6.29 Å². The van der Waals surface area contributed by atoms with Gasteiger partial charge < -0.3 is 9.84 Å². The highest BCUT2D eigenvalue weighted by Crippen LogP contribution is 2.39. The average Bonchev–Trinajstić information content (AvgIpc) is 3.57. The Morgan fingerprint density at radius 2 is 1.79 bits per heavy atom. The van der Waals surface area contributed by atoms with Gasteiger partial charge in [-0.1, -0.05) is 60.2 Å². The summed E-state index contributed by atoms with van der Waals surface area (Å²) in [6, 6.07) is 18.1. The fraction of sp³-hybridized carbons (Fsp3) is 0.240. The van der Waals surface area contributed by atoms with E-state index in [1.165, 1.54) is 0 Å². The summed E-state index contributed by atoms with van der Waals surface area (Å²) in [5.41, 5.74) is 3.96. The summed E-state index contributed by atoms with van der Waals surface area (Å²) in [6.45, 7) is 0. The zero-order valence-corrected chi connectivity index (χ0v) is 17.1. The van der Waals surface area contributed by atoms with E-state index in [1.54, 1.807) is 7.11 Å². The van der Waals surface area contributed by atoms with Crippen LogP contribution in [0.2, 0.25) is 5.02 Å². The van der Waals surface area contributed by atoms with Crippen LogP contribution in [-0.2, 0) is 4.74 Å². The number of aliphatic hydroxyl groups excluding tert-OH is 1. The lowest BCUT2D eigenvalue weighted by molar-refractivity contribution is -0.105. The number of rotatable bonds is 7. The van der Waals surface area contributed by atoms with E-state index in [4.69, 9.17) is 16.3 Å². The van der Waals surface area contributed by atoms with Crippen molar-refractivity contribution in [3.05, 3.63) is 82.5 Å². The highest BCUT2D eigenvalue weighted by Gasteiger charge is 2.34. The Balaban J connectivity index is 1.50. The number of fused-ring (bicyclic) bond motifs is 1. The fourth-order valence-electron chi connectivity index (χ4n) is 3.49. The second kappa shape index (κ2) is 8.91. The molecule has 148 valence electrons. The first kappa shape index (κ1) is 19.8. The monoisotopic (exact) mass is 405 g/mol. The quantitative estimate of drug-likeness (QED) is 0.485. The first-order chi connectivity index (χ1) is 14.1. The molecule has 0 saturated heterocycles. The topological polar surface area (TPSA) is 42.4 Å². The molecule has 4 rings (SSSR count). The van der Waals surface area contributed by atoms with Crippen LogP contribution in [0.25, 0.3) is 29.1 Å². The maximum absolute atomic E-state index is 10.1. The van der Waals surface area contributed by atoms with Gasteiger partial charge in [0, 0.05) is 23.4 Å². The third kappa shape index (κ3) is 5.13. The minimum Gasteiger partial charge on any atom is -0.367 e. The van der Waals surface area contributed by atoms with Crippen LogP contribution in [0, 0.1) is 11.8 Å². The maximum Gasteiger partial charge on any atom is 0.160 e. The van der Waals surface area contributed by atoms with Gasteiger partial charge in [0.05, 0.1) is 11.2 Å². The maximum atomic E-state index is 10.1. The number of nitrogens with zero attached hydrogens (tertiary/aromatic N) is 1. The van der Waals surface area contributed by atoms with E-state index in [-0.39, 0.29) is 5.92 Å². The van der Waals surface area contributed by atoms with Crippen molar-refractivity contribution < 1.29 is 9.84 Å². The molecule has 0 aliphatic heterocycles. The Kier molecular flexibility index (Phi) is 6.10. The first-order valence-corrected chi connectivity index (χ1v) is 10.2. The van der Waals surface area contributed by atoms with Gasteiger partial charge in [-0.25, -0.2) is 4.98 Å². The van der Waals surface area contributed by atoms with Crippen LogP contribution < -0.4 is 0 Å². The SMILES string of the molecule is COC(O)C(C=Cc1cccc(C=Cc2ccc3ccc(Cl)cc3n2)c1)C1CC1. The minimum absolute atomic E-state index is 0.0489. The minimum atomic E-state index is -0.741. The lowest BCUT2D eigenvalue weighted by atomic mass is 10.0. The Bertz CT molecular complexity index is 1060. The van der Waals surface area contributed by atoms with E-state index in [0.717, 1.165) is 40.6 Å². The largest absolute Gasteiger partial charge is 0.367 e. The highest BCUT2D eigenvalue weighted by atomic mass is 35.5. The summed E-state index contributed by atoms with van der Waals surface area (Å²) in [5.74, 6) is 0.574. The smallest absolute Gasteiger partial charge is 0.160 e. The molecular formula is C25H24ClNO2. The van der Waals surface area contributed by atoms with Crippen molar-refractivity contribution in [1.29, 1.82) is 0 Å². The summed E-state index contributed by atoms with van der Waals surface area (Å²) < 4.78 is 5.13. The van der Waals surface area contributed by atoms with Crippen LogP contribution in [0.5, 0.6) is 0 Å². The molecule has 3 aromatic rings. The van der Waals surface area contributed by atoms with Gasteiger partial charge in [0.25, 0.3) is 0 Å². The number of ether oxygens (including phenoxy) is 1. The number of hydrogen-bond donors (Lipinski definition) is 1. The van der Waals surface area contributed by atoms with Crippen molar-refractivity contribution in [3.8, 4) is 0 Å². The van der Waals surface area contributed by atoms with Crippen molar-refractivity contribution in [2.75, 3.05) is 7.11 Å². The number of aromatic nitrogens is 1. The van der Waals surface area contributed by atoms with E-state index in [1.807, 2.05) is 36.4 Å². The molecule has 1 fully saturated rings. The number of halogens is 1. The number of aliphatic hydroxyl groups is 1. The molecule has 2 unspecified atom stereocenters. The van der Waals surface area contributed by atoms with E-state index in [2.05, 4.69) is 47.5 Å². The molecule has 3 nitrogen and oxygen atoms in total. The highest BCUT2D eigenvalue weighted by molar-refractivity contribution is 6.31. The van der Waals surface area contributed by atoms with Gasteiger partial charge in [-0.3, -0.25) is 0 Å². The molecule has 0 amide bonds. The van der Waals surface area contributed by atoms with E-state index in [9.17, 15) is 5.11 Å². The predicted molar refractivity (Wildman–Crippen MR) is 120 cm³/mol. The second-order valence-corrected chi connectivity index (χ2v) is 7.91. The Morgan fingerprint density at radius 1 is 1.03 bits per heavy atom. The lowest BCUT2D eigenvalue weighted by Gasteiger charge is -2.17. The third-order valence-corrected chi connectivity index (χ3v) is 5.52. The Hall–Kier alpha value is -2.46. The molecule has 4 heteroatoms. The summed E-state index contributed by atoms with van der Waals surface area (Å²) in [7, 11) is 1.55. The van der Waals surface area contributed by atoms with Crippen molar-refractivity contribution in [2.24, 2.45) is 11.8 Å². The summed E-state index contributed by atoms with van der Waals surface area (Å²) in [4.78, 5) is 4.66. The molecule has 2 aromatic carbocycles. The molecule has 1 N–H and O–H groups in total. The van der Waals surface area contributed by atoms with Gasteiger partial charge in [0.1, 0.15) is 0 Å². The van der Waals surface area contributed by atoms with Gasteiger partial charge >= 0.3 is 0 Å². The lowest BCUT2D eigenvalue weighted by Crippen LogP contribution is -2.22. The molecule has 0 bridgehead atoms.